The molecule has 0 radical (unpaired) electrons. The van der Waals surface area contributed by atoms with Crippen LogP contribution in [0.3, 0.4) is 0 Å². The van der Waals surface area contributed by atoms with Crippen LogP contribution in [0.2, 0.25) is 0 Å². The molecule has 3 heteroatoms. The maximum atomic E-state index is 13.1. The lowest BCUT2D eigenvalue weighted by molar-refractivity contribution is 0.411. The summed E-state index contributed by atoms with van der Waals surface area (Å²) in [5.74, 6) is 0.673. The van der Waals surface area contributed by atoms with Gasteiger partial charge in [-0.2, -0.15) is 0 Å². The van der Waals surface area contributed by atoms with E-state index in [0.717, 1.165) is 22.4 Å². The van der Waals surface area contributed by atoms with E-state index in [1.54, 1.807) is 7.11 Å². The number of methoxy groups -OCH3 is 1. The van der Waals surface area contributed by atoms with Crippen molar-refractivity contribution >= 4 is 0 Å². The van der Waals surface area contributed by atoms with Crippen molar-refractivity contribution in [2.75, 3.05) is 14.2 Å². The molecular weight excluding hydrogens is 253 g/mol. The van der Waals surface area contributed by atoms with E-state index in [4.69, 9.17) is 4.74 Å². The van der Waals surface area contributed by atoms with Gasteiger partial charge in [-0.05, 0) is 61.3 Å². The standard InChI is InChI=1S/C17H20FNO/c1-11-10-16(20-4)12(2)9-15(11)17(19-3)13-5-7-14(18)8-6-13/h5-10,17,19H,1-4H3. The summed E-state index contributed by atoms with van der Waals surface area (Å²) in [6, 6.07) is 10.8. The van der Waals surface area contributed by atoms with Crippen LogP contribution in [-0.2, 0) is 0 Å². The summed E-state index contributed by atoms with van der Waals surface area (Å²) in [6.45, 7) is 4.09. The maximum Gasteiger partial charge on any atom is 0.123 e. The molecule has 0 aromatic heterocycles. The van der Waals surface area contributed by atoms with E-state index < -0.39 is 0 Å². The van der Waals surface area contributed by atoms with Crippen LogP contribution in [0, 0.1) is 19.7 Å². The Labute approximate surface area is 119 Å². The number of rotatable bonds is 4. The van der Waals surface area contributed by atoms with Gasteiger partial charge in [0.25, 0.3) is 0 Å². The molecular formula is C17H20FNO. The molecule has 2 rings (SSSR count). The zero-order valence-electron chi connectivity index (χ0n) is 12.3. The molecule has 0 saturated heterocycles. The Morgan fingerprint density at radius 2 is 1.70 bits per heavy atom. The van der Waals surface area contributed by atoms with Crippen LogP contribution in [0.4, 0.5) is 4.39 Å². The van der Waals surface area contributed by atoms with E-state index in [1.807, 2.05) is 32.2 Å². The third-order valence-corrected chi connectivity index (χ3v) is 3.59. The zero-order valence-corrected chi connectivity index (χ0v) is 12.3. The van der Waals surface area contributed by atoms with Gasteiger partial charge in [-0.25, -0.2) is 4.39 Å². The van der Waals surface area contributed by atoms with Crippen molar-refractivity contribution in [1.29, 1.82) is 0 Å². The number of benzene rings is 2. The first kappa shape index (κ1) is 14.5. The summed E-state index contributed by atoms with van der Waals surface area (Å²) in [7, 11) is 3.59. The molecule has 1 unspecified atom stereocenters. The van der Waals surface area contributed by atoms with Gasteiger partial charge in [0.1, 0.15) is 11.6 Å². The van der Waals surface area contributed by atoms with E-state index in [1.165, 1.54) is 17.7 Å². The zero-order chi connectivity index (χ0) is 14.7. The quantitative estimate of drug-likeness (QED) is 0.915. The van der Waals surface area contributed by atoms with Crippen LogP contribution >= 0.6 is 0 Å². The topological polar surface area (TPSA) is 21.3 Å². The minimum atomic E-state index is -0.216. The van der Waals surface area contributed by atoms with Crippen LogP contribution in [-0.4, -0.2) is 14.2 Å². The molecule has 0 bridgehead atoms. The number of aryl methyl sites for hydroxylation is 2. The van der Waals surface area contributed by atoms with Gasteiger partial charge < -0.3 is 10.1 Å². The monoisotopic (exact) mass is 273 g/mol. The lowest BCUT2D eigenvalue weighted by Crippen LogP contribution is -2.19. The lowest BCUT2D eigenvalue weighted by Gasteiger charge is -2.21. The predicted octanol–water partition coefficient (Wildman–Crippen LogP) is 3.76. The number of hydrogen-bond acceptors (Lipinski definition) is 2. The summed E-state index contributed by atoms with van der Waals surface area (Å²) in [5, 5.41) is 3.30. The second-order valence-electron chi connectivity index (χ2n) is 4.95. The summed E-state index contributed by atoms with van der Waals surface area (Å²) >= 11 is 0. The normalized spacial score (nSPS) is 12.2. The van der Waals surface area contributed by atoms with Gasteiger partial charge in [-0.15, -0.1) is 0 Å². The molecule has 2 aromatic carbocycles. The van der Waals surface area contributed by atoms with Gasteiger partial charge in [-0.1, -0.05) is 18.2 Å². The van der Waals surface area contributed by atoms with E-state index in [-0.39, 0.29) is 11.9 Å². The van der Waals surface area contributed by atoms with E-state index in [0.29, 0.717) is 0 Å². The molecule has 0 saturated carbocycles. The highest BCUT2D eigenvalue weighted by Gasteiger charge is 2.16. The fourth-order valence-electron chi connectivity index (χ4n) is 2.50. The maximum absolute atomic E-state index is 13.1. The fraction of sp³-hybridized carbons (Fsp3) is 0.294. The van der Waals surface area contributed by atoms with Crippen molar-refractivity contribution in [3.05, 3.63) is 64.5 Å². The first-order chi connectivity index (χ1) is 9.56. The molecule has 0 amide bonds. The van der Waals surface area contributed by atoms with Crippen molar-refractivity contribution in [2.24, 2.45) is 0 Å². The summed E-state index contributed by atoms with van der Waals surface area (Å²) < 4.78 is 18.4. The predicted molar refractivity (Wildman–Crippen MR) is 79.8 cm³/mol. The number of nitrogens with one attached hydrogen (secondary N) is 1. The Morgan fingerprint density at radius 1 is 1.05 bits per heavy atom. The lowest BCUT2D eigenvalue weighted by atomic mass is 9.93. The number of hydrogen-bond donors (Lipinski definition) is 1. The Kier molecular flexibility index (Phi) is 4.40. The first-order valence-electron chi connectivity index (χ1n) is 6.64. The molecule has 0 fully saturated rings. The largest absolute Gasteiger partial charge is 0.496 e. The molecule has 0 heterocycles. The van der Waals surface area contributed by atoms with Crippen LogP contribution in [0.15, 0.2) is 36.4 Å². The van der Waals surface area contributed by atoms with Crippen LogP contribution < -0.4 is 10.1 Å². The molecule has 0 spiro atoms. The molecule has 1 atom stereocenters. The minimum Gasteiger partial charge on any atom is -0.496 e. The first-order valence-corrected chi connectivity index (χ1v) is 6.64. The minimum absolute atomic E-state index is 0.0419. The Bertz CT molecular complexity index is 593. The molecule has 20 heavy (non-hydrogen) atoms. The SMILES string of the molecule is CNC(c1ccc(F)cc1)c1cc(C)c(OC)cc1C. The number of halogens is 1. The van der Waals surface area contributed by atoms with Gasteiger partial charge in [0, 0.05) is 0 Å². The van der Waals surface area contributed by atoms with Crippen LogP contribution in [0.5, 0.6) is 5.75 Å². The fourth-order valence-corrected chi connectivity index (χ4v) is 2.50. The number of ether oxygens (including phenoxy) is 1. The van der Waals surface area contributed by atoms with Gasteiger partial charge in [0.05, 0.1) is 13.2 Å². The Morgan fingerprint density at radius 3 is 2.25 bits per heavy atom. The highest BCUT2D eigenvalue weighted by molar-refractivity contribution is 5.45. The molecule has 0 aliphatic carbocycles. The van der Waals surface area contributed by atoms with Crippen molar-refractivity contribution in [3.63, 3.8) is 0 Å². The van der Waals surface area contributed by atoms with Crippen molar-refractivity contribution in [3.8, 4) is 5.75 Å². The average molecular weight is 273 g/mol. The Balaban J connectivity index is 2.46. The second kappa shape index (κ2) is 6.06. The van der Waals surface area contributed by atoms with Crippen molar-refractivity contribution in [2.45, 2.75) is 19.9 Å². The van der Waals surface area contributed by atoms with Gasteiger partial charge >= 0.3 is 0 Å². The smallest absolute Gasteiger partial charge is 0.123 e. The van der Waals surface area contributed by atoms with Crippen LogP contribution in [0.1, 0.15) is 28.3 Å². The molecule has 0 aliphatic rings. The van der Waals surface area contributed by atoms with E-state index >= 15 is 0 Å². The molecule has 1 N–H and O–H groups in total. The van der Waals surface area contributed by atoms with Gasteiger partial charge in [0.2, 0.25) is 0 Å². The second-order valence-corrected chi connectivity index (χ2v) is 4.95. The van der Waals surface area contributed by atoms with Crippen molar-refractivity contribution < 1.29 is 9.13 Å². The third kappa shape index (κ3) is 2.83. The molecule has 2 aromatic rings. The van der Waals surface area contributed by atoms with Crippen molar-refractivity contribution in [1.82, 2.24) is 5.32 Å². The average Bonchev–Trinajstić information content (AvgIpc) is 2.45. The Hall–Kier alpha value is -1.87. The van der Waals surface area contributed by atoms with E-state index in [9.17, 15) is 4.39 Å². The third-order valence-electron chi connectivity index (χ3n) is 3.59. The molecule has 106 valence electrons. The summed E-state index contributed by atoms with van der Waals surface area (Å²) in [5.41, 5.74) is 4.46. The highest BCUT2D eigenvalue weighted by Crippen LogP contribution is 2.30. The van der Waals surface area contributed by atoms with Gasteiger partial charge in [0.15, 0.2) is 0 Å². The molecule has 2 nitrogen and oxygen atoms in total. The molecule has 0 aliphatic heterocycles. The highest BCUT2D eigenvalue weighted by atomic mass is 19.1. The van der Waals surface area contributed by atoms with E-state index in [2.05, 4.69) is 18.3 Å². The van der Waals surface area contributed by atoms with Crippen LogP contribution in [0.25, 0.3) is 0 Å². The van der Waals surface area contributed by atoms with Gasteiger partial charge in [-0.3, -0.25) is 0 Å². The summed E-state index contributed by atoms with van der Waals surface area (Å²) in [6.07, 6.45) is 0. The summed E-state index contributed by atoms with van der Waals surface area (Å²) in [4.78, 5) is 0.